The average Bonchev–Trinajstić information content (AvgIpc) is 2.63. The number of methoxy groups -OCH3 is 1. The quantitative estimate of drug-likeness (QED) is 0.706. The van der Waals surface area contributed by atoms with Crippen LogP contribution in [0.1, 0.15) is 0 Å². The second-order valence-corrected chi connectivity index (χ2v) is 5.96. The lowest BCUT2D eigenvalue weighted by molar-refractivity contribution is -0.683. The van der Waals surface area contributed by atoms with Gasteiger partial charge in [-0.25, -0.2) is 0 Å². The van der Waals surface area contributed by atoms with Crippen LogP contribution in [0.5, 0.6) is 5.75 Å². The van der Waals surface area contributed by atoms with Crippen molar-refractivity contribution in [3.05, 3.63) is 78.1 Å². The van der Waals surface area contributed by atoms with Crippen molar-refractivity contribution >= 4 is 23.2 Å². The zero-order valence-electron chi connectivity index (χ0n) is 13.8. The van der Waals surface area contributed by atoms with Crippen LogP contribution in [0, 0.1) is 0 Å². The van der Waals surface area contributed by atoms with E-state index in [0.717, 1.165) is 11.1 Å². The molecule has 25 heavy (non-hydrogen) atoms. The summed E-state index contributed by atoms with van der Waals surface area (Å²) in [5.41, 5.74) is 2.71. The maximum atomic E-state index is 12.4. The predicted octanol–water partition coefficient (Wildman–Crippen LogP) is 3.94. The summed E-state index contributed by atoms with van der Waals surface area (Å²) in [6.07, 6.45) is 3.81. The summed E-state index contributed by atoms with van der Waals surface area (Å²) in [4.78, 5) is 12.4. The molecule has 0 unspecified atom stereocenters. The first kappa shape index (κ1) is 17.0. The summed E-state index contributed by atoms with van der Waals surface area (Å²) in [5, 5.41) is 3.38. The Bertz CT molecular complexity index is 882. The molecule has 0 bridgehead atoms. The number of benzene rings is 2. The van der Waals surface area contributed by atoms with Gasteiger partial charge in [0.15, 0.2) is 12.4 Å². The van der Waals surface area contributed by atoms with E-state index in [1.165, 1.54) is 0 Å². The summed E-state index contributed by atoms with van der Waals surface area (Å²) >= 11 is 5.99. The standard InChI is InChI=1S/C20H17ClN2O2/c1-25-19-10-9-17(21)12-18(19)22-20(24)14-23-11-5-8-16(13-23)15-6-3-2-4-7-15/h2-13H,14H2,1H3/p+1. The molecule has 0 aliphatic heterocycles. The fourth-order valence-corrected chi connectivity index (χ4v) is 2.73. The van der Waals surface area contributed by atoms with E-state index in [-0.39, 0.29) is 12.5 Å². The molecule has 0 radical (unpaired) electrons. The van der Waals surface area contributed by atoms with E-state index in [2.05, 4.69) is 5.32 Å². The highest BCUT2D eigenvalue weighted by Crippen LogP contribution is 2.27. The number of carbonyl (C=O) groups excluding carboxylic acids is 1. The molecule has 0 aliphatic carbocycles. The van der Waals surface area contributed by atoms with E-state index in [1.54, 1.807) is 25.3 Å². The lowest BCUT2D eigenvalue weighted by Crippen LogP contribution is -2.39. The Morgan fingerprint density at radius 2 is 1.84 bits per heavy atom. The van der Waals surface area contributed by atoms with Crippen LogP contribution in [0.15, 0.2) is 73.1 Å². The van der Waals surface area contributed by atoms with E-state index in [0.29, 0.717) is 16.5 Å². The molecule has 0 spiro atoms. The van der Waals surface area contributed by atoms with Gasteiger partial charge in [0, 0.05) is 16.7 Å². The largest absolute Gasteiger partial charge is 0.495 e. The predicted molar refractivity (Wildman–Crippen MR) is 98.7 cm³/mol. The lowest BCUT2D eigenvalue weighted by atomic mass is 10.1. The third kappa shape index (κ3) is 4.37. The molecule has 1 amide bonds. The number of rotatable bonds is 5. The maximum absolute atomic E-state index is 12.4. The van der Waals surface area contributed by atoms with Gasteiger partial charge in [-0.05, 0) is 29.8 Å². The molecule has 0 atom stereocenters. The Morgan fingerprint density at radius 3 is 2.60 bits per heavy atom. The normalized spacial score (nSPS) is 10.3. The molecular formula is C20H18ClN2O2+. The van der Waals surface area contributed by atoms with E-state index in [1.807, 2.05) is 59.4 Å². The van der Waals surface area contributed by atoms with Crippen molar-refractivity contribution in [2.45, 2.75) is 6.54 Å². The summed E-state index contributed by atoms with van der Waals surface area (Å²) in [6, 6.07) is 19.1. The summed E-state index contributed by atoms with van der Waals surface area (Å²) < 4.78 is 7.09. The topological polar surface area (TPSA) is 42.2 Å². The molecule has 1 N–H and O–H groups in total. The second-order valence-electron chi connectivity index (χ2n) is 5.52. The van der Waals surface area contributed by atoms with Gasteiger partial charge in [0.05, 0.1) is 12.8 Å². The molecule has 1 aromatic heterocycles. The average molecular weight is 354 g/mol. The van der Waals surface area contributed by atoms with Gasteiger partial charge in [0.2, 0.25) is 6.54 Å². The van der Waals surface area contributed by atoms with Crippen molar-refractivity contribution in [2.75, 3.05) is 12.4 Å². The number of carbonyl (C=O) groups is 1. The zero-order chi connectivity index (χ0) is 17.6. The second kappa shape index (κ2) is 7.81. The van der Waals surface area contributed by atoms with E-state index in [9.17, 15) is 4.79 Å². The Kier molecular flexibility index (Phi) is 5.31. The number of ether oxygens (including phenoxy) is 1. The van der Waals surface area contributed by atoms with Crippen molar-refractivity contribution in [2.24, 2.45) is 0 Å². The molecule has 0 aliphatic rings. The number of nitrogens with zero attached hydrogens (tertiary/aromatic N) is 1. The third-order valence-corrected chi connectivity index (χ3v) is 3.96. The van der Waals surface area contributed by atoms with Crippen LogP contribution in [0.4, 0.5) is 5.69 Å². The molecular weight excluding hydrogens is 336 g/mol. The SMILES string of the molecule is COc1ccc(Cl)cc1NC(=O)C[n+]1cccc(-c2ccccc2)c1. The first-order valence-corrected chi connectivity index (χ1v) is 8.21. The highest BCUT2D eigenvalue weighted by Gasteiger charge is 2.13. The fraction of sp³-hybridized carbons (Fsp3) is 0.100. The molecule has 4 nitrogen and oxygen atoms in total. The smallest absolute Gasteiger partial charge is 0.290 e. The van der Waals surface area contributed by atoms with Crippen LogP contribution >= 0.6 is 11.6 Å². The van der Waals surface area contributed by atoms with E-state index < -0.39 is 0 Å². The van der Waals surface area contributed by atoms with Gasteiger partial charge in [0.1, 0.15) is 5.75 Å². The first-order valence-electron chi connectivity index (χ1n) is 7.83. The number of halogens is 1. The van der Waals surface area contributed by atoms with Gasteiger partial charge in [0.25, 0.3) is 5.91 Å². The van der Waals surface area contributed by atoms with Crippen LogP contribution in [0.3, 0.4) is 0 Å². The van der Waals surface area contributed by atoms with Crippen molar-refractivity contribution in [3.63, 3.8) is 0 Å². The van der Waals surface area contributed by atoms with E-state index >= 15 is 0 Å². The van der Waals surface area contributed by atoms with Gasteiger partial charge in [-0.3, -0.25) is 4.79 Å². The number of hydrogen-bond acceptors (Lipinski definition) is 2. The molecule has 2 aromatic carbocycles. The molecule has 0 fully saturated rings. The minimum absolute atomic E-state index is 0.157. The van der Waals surface area contributed by atoms with Crippen molar-refractivity contribution in [1.29, 1.82) is 0 Å². The molecule has 0 saturated carbocycles. The van der Waals surface area contributed by atoms with Gasteiger partial charge in [-0.2, -0.15) is 4.57 Å². The van der Waals surface area contributed by atoms with Crippen LogP contribution in [-0.2, 0) is 11.3 Å². The van der Waals surface area contributed by atoms with Crippen LogP contribution in [0.2, 0.25) is 5.02 Å². The van der Waals surface area contributed by atoms with Crippen molar-refractivity contribution in [1.82, 2.24) is 0 Å². The monoisotopic (exact) mass is 353 g/mol. The van der Waals surface area contributed by atoms with Gasteiger partial charge >= 0.3 is 0 Å². The minimum Gasteiger partial charge on any atom is -0.495 e. The van der Waals surface area contributed by atoms with Crippen LogP contribution in [0.25, 0.3) is 11.1 Å². The Labute approximate surface area is 151 Å². The number of amides is 1. The highest BCUT2D eigenvalue weighted by atomic mass is 35.5. The Morgan fingerprint density at radius 1 is 1.08 bits per heavy atom. The summed E-state index contributed by atoms with van der Waals surface area (Å²) in [7, 11) is 1.55. The molecule has 3 aromatic rings. The van der Waals surface area contributed by atoms with Gasteiger partial charge in [-0.1, -0.05) is 41.9 Å². The van der Waals surface area contributed by atoms with Crippen LogP contribution in [-0.4, -0.2) is 13.0 Å². The minimum atomic E-state index is -0.157. The maximum Gasteiger partial charge on any atom is 0.290 e. The molecule has 1 heterocycles. The molecule has 0 saturated heterocycles. The Hall–Kier alpha value is -2.85. The van der Waals surface area contributed by atoms with Crippen LogP contribution < -0.4 is 14.6 Å². The number of nitrogens with one attached hydrogen (secondary N) is 1. The zero-order valence-corrected chi connectivity index (χ0v) is 14.5. The van der Waals surface area contributed by atoms with Gasteiger partial charge in [-0.15, -0.1) is 0 Å². The van der Waals surface area contributed by atoms with Crippen molar-refractivity contribution in [3.8, 4) is 16.9 Å². The van der Waals surface area contributed by atoms with E-state index in [4.69, 9.17) is 16.3 Å². The number of pyridine rings is 1. The lowest BCUT2D eigenvalue weighted by Gasteiger charge is -2.09. The first-order chi connectivity index (χ1) is 12.2. The number of anilines is 1. The summed E-state index contributed by atoms with van der Waals surface area (Å²) in [6.45, 7) is 0.191. The molecule has 126 valence electrons. The fourth-order valence-electron chi connectivity index (χ4n) is 2.56. The number of aromatic nitrogens is 1. The highest BCUT2D eigenvalue weighted by molar-refractivity contribution is 6.31. The van der Waals surface area contributed by atoms with Crippen molar-refractivity contribution < 1.29 is 14.1 Å². The Balaban J connectivity index is 1.75. The summed E-state index contributed by atoms with van der Waals surface area (Å²) in [5.74, 6) is 0.413. The number of hydrogen-bond donors (Lipinski definition) is 1. The molecule has 3 rings (SSSR count). The van der Waals surface area contributed by atoms with Gasteiger partial charge < -0.3 is 10.1 Å². The third-order valence-electron chi connectivity index (χ3n) is 3.73. The molecule has 5 heteroatoms.